The van der Waals surface area contributed by atoms with Crippen LogP contribution in [0.25, 0.3) is 10.9 Å². The van der Waals surface area contributed by atoms with E-state index in [0.29, 0.717) is 0 Å². The topological polar surface area (TPSA) is 117 Å². The van der Waals surface area contributed by atoms with Gasteiger partial charge in [0.1, 0.15) is 5.75 Å². The summed E-state index contributed by atoms with van der Waals surface area (Å²) in [7, 11) is 1.51. The maximum absolute atomic E-state index is 12.9. The summed E-state index contributed by atoms with van der Waals surface area (Å²) < 4.78 is 1.38. The summed E-state index contributed by atoms with van der Waals surface area (Å²) in [4.78, 5) is 37.4. The first-order valence-corrected chi connectivity index (χ1v) is 7.75. The van der Waals surface area contributed by atoms with Crippen molar-refractivity contribution in [3.05, 3.63) is 57.8 Å². The van der Waals surface area contributed by atoms with Crippen molar-refractivity contribution >= 4 is 28.4 Å². The van der Waals surface area contributed by atoms with E-state index in [1.807, 2.05) is 0 Å². The number of phenols is 2. The standard InChI is InChI=1S/C19H13NO6/c1-7-10(19(25)26)11-14(20(7)2)18(24)13-12(17(11)23)15(21)8-5-3-4-6-9(8)16(13)22/h3-6,23-24H,1-2H3,(H,25,26). The Morgan fingerprint density at radius 1 is 0.962 bits per heavy atom. The molecular formula is C19H13NO6. The molecule has 0 unspecified atom stereocenters. The molecule has 0 aliphatic heterocycles. The summed E-state index contributed by atoms with van der Waals surface area (Å²) in [6.07, 6.45) is 0. The molecule has 0 bridgehead atoms. The number of carbonyl (C=O) groups is 3. The molecule has 3 N–H and O–H groups in total. The molecule has 0 saturated carbocycles. The van der Waals surface area contributed by atoms with E-state index in [-0.39, 0.29) is 44.4 Å². The van der Waals surface area contributed by atoms with Crippen molar-refractivity contribution in [2.45, 2.75) is 6.92 Å². The zero-order valence-corrected chi connectivity index (χ0v) is 13.8. The molecule has 0 radical (unpaired) electrons. The molecule has 130 valence electrons. The van der Waals surface area contributed by atoms with E-state index in [0.717, 1.165) is 0 Å². The number of hydrogen-bond acceptors (Lipinski definition) is 5. The lowest BCUT2D eigenvalue weighted by molar-refractivity contribution is 0.0697. The number of aromatic hydroxyl groups is 2. The van der Waals surface area contributed by atoms with Gasteiger partial charge in [-0.3, -0.25) is 9.59 Å². The van der Waals surface area contributed by atoms with Gasteiger partial charge in [0, 0.05) is 23.9 Å². The predicted molar refractivity (Wildman–Crippen MR) is 91.3 cm³/mol. The van der Waals surface area contributed by atoms with Crippen LogP contribution in [0.2, 0.25) is 0 Å². The number of aromatic nitrogens is 1. The molecule has 1 aliphatic rings. The number of rotatable bonds is 1. The molecule has 26 heavy (non-hydrogen) atoms. The van der Waals surface area contributed by atoms with Crippen LogP contribution in [-0.4, -0.2) is 37.4 Å². The number of phenolic OH excluding ortho intramolecular Hbond substituents is 2. The third kappa shape index (κ3) is 1.69. The summed E-state index contributed by atoms with van der Waals surface area (Å²) in [5.74, 6) is -3.67. The lowest BCUT2D eigenvalue weighted by Crippen LogP contribution is -2.21. The highest BCUT2D eigenvalue weighted by Gasteiger charge is 2.38. The van der Waals surface area contributed by atoms with Gasteiger partial charge in [0.15, 0.2) is 17.3 Å². The lowest BCUT2D eigenvalue weighted by atomic mass is 9.82. The lowest BCUT2D eigenvalue weighted by Gasteiger charge is -2.20. The van der Waals surface area contributed by atoms with Crippen molar-refractivity contribution in [2.75, 3.05) is 0 Å². The predicted octanol–water partition coefficient (Wildman–Crippen LogP) is 2.37. The maximum Gasteiger partial charge on any atom is 0.338 e. The Morgan fingerprint density at radius 2 is 1.46 bits per heavy atom. The number of benzene rings is 2. The van der Waals surface area contributed by atoms with E-state index in [2.05, 4.69) is 0 Å². The van der Waals surface area contributed by atoms with Crippen molar-refractivity contribution in [3.63, 3.8) is 0 Å². The Hall–Kier alpha value is -3.61. The molecule has 3 aromatic rings. The summed E-state index contributed by atoms with van der Waals surface area (Å²) in [6.45, 7) is 1.51. The van der Waals surface area contributed by atoms with Crippen LogP contribution in [0.15, 0.2) is 24.3 Å². The monoisotopic (exact) mass is 351 g/mol. The van der Waals surface area contributed by atoms with Gasteiger partial charge in [-0.2, -0.15) is 0 Å². The molecule has 0 saturated heterocycles. The number of aryl methyl sites for hydroxylation is 1. The Labute approximate surface area is 146 Å². The van der Waals surface area contributed by atoms with Crippen molar-refractivity contribution in [2.24, 2.45) is 7.05 Å². The minimum absolute atomic E-state index is 0.00307. The minimum Gasteiger partial charge on any atom is -0.506 e. The van der Waals surface area contributed by atoms with Crippen molar-refractivity contribution in [1.29, 1.82) is 0 Å². The fourth-order valence-electron chi connectivity index (χ4n) is 3.64. The largest absolute Gasteiger partial charge is 0.506 e. The van der Waals surface area contributed by atoms with Crippen LogP contribution < -0.4 is 0 Å². The fourth-order valence-corrected chi connectivity index (χ4v) is 3.64. The molecule has 0 amide bonds. The first-order valence-electron chi connectivity index (χ1n) is 7.75. The first kappa shape index (κ1) is 15.9. The second-order valence-electron chi connectivity index (χ2n) is 6.20. The second kappa shape index (κ2) is 4.95. The van der Waals surface area contributed by atoms with Crippen LogP contribution in [0.3, 0.4) is 0 Å². The van der Waals surface area contributed by atoms with Gasteiger partial charge in [0.05, 0.1) is 27.6 Å². The average Bonchev–Trinajstić information content (AvgIpc) is 2.88. The quantitative estimate of drug-likeness (QED) is 0.453. The first-order chi connectivity index (χ1) is 12.3. The molecule has 4 rings (SSSR count). The molecule has 1 aliphatic carbocycles. The smallest absolute Gasteiger partial charge is 0.338 e. The van der Waals surface area contributed by atoms with Gasteiger partial charge in [-0.05, 0) is 6.92 Å². The third-order valence-corrected chi connectivity index (χ3v) is 4.96. The number of carboxylic acids is 1. The number of carboxylic acid groups (broad SMARTS) is 1. The third-order valence-electron chi connectivity index (χ3n) is 4.96. The number of nitrogens with zero attached hydrogens (tertiary/aromatic N) is 1. The molecule has 0 spiro atoms. The Balaban J connectivity index is 2.25. The van der Waals surface area contributed by atoms with Crippen molar-refractivity contribution in [3.8, 4) is 11.5 Å². The van der Waals surface area contributed by atoms with Crippen molar-refractivity contribution in [1.82, 2.24) is 4.57 Å². The number of fused-ring (bicyclic) bond motifs is 3. The molecular weight excluding hydrogens is 338 g/mol. The summed E-state index contributed by atoms with van der Waals surface area (Å²) >= 11 is 0. The van der Waals surface area contributed by atoms with E-state index < -0.39 is 29.0 Å². The van der Waals surface area contributed by atoms with Crippen LogP contribution in [0.4, 0.5) is 0 Å². The summed E-state index contributed by atoms with van der Waals surface area (Å²) in [5.41, 5.74) is -0.401. The maximum atomic E-state index is 12.9. The molecule has 1 aromatic heterocycles. The normalized spacial score (nSPS) is 13.0. The molecule has 2 aromatic carbocycles. The van der Waals surface area contributed by atoms with E-state index in [4.69, 9.17) is 0 Å². The second-order valence-corrected chi connectivity index (χ2v) is 6.20. The Bertz CT molecular complexity index is 1180. The highest BCUT2D eigenvalue weighted by atomic mass is 16.4. The number of ketones is 2. The number of aromatic carboxylic acids is 1. The SMILES string of the molecule is Cc1c(C(=O)O)c2c(O)c3c(c(O)c2n1C)C(=O)c1ccccc1C3=O. The van der Waals surface area contributed by atoms with Crippen LogP contribution >= 0.6 is 0 Å². The van der Waals surface area contributed by atoms with Crippen LogP contribution in [0.1, 0.15) is 47.9 Å². The highest BCUT2D eigenvalue weighted by Crippen LogP contribution is 2.46. The Kier molecular flexibility index (Phi) is 3.02. The average molecular weight is 351 g/mol. The molecule has 0 fully saturated rings. The van der Waals surface area contributed by atoms with Crippen LogP contribution in [0, 0.1) is 6.92 Å². The van der Waals surface area contributed by atoms with Gasteiger partial charge >= 0.3 is 5.97 Å². The Morgan fingerprint density at radius 3 is 1.96 bits per heavy atom. The fraction of sp³-hybridized carbons (Fsp3) is 0.105. The van der Waals surface area contributed by atoms with E-state index >= 15 is 0 Å². The molecule has 1 heterocycles. The summed E-state index contributed by atoms with van der Waals surface area (Å²) in [5, 5.41) is 30.8. The van der Waals surface area contributed by atoms with Crippen molar-refractivity contribution < 1.29 is 29.7 Å². The zero-order valence-electron chi connectivity index (χ0n) is 13.8. The number of hydrogen-bond donors (Lipinski definition) is 3. The van der Waals surface area contributed by atoms with E-state index in [9.17, 15) is 29.7 Å². The van der Waals surface area contributed by atoms with E-state index in [1.54, 1.807) is 12.1 Å². The van der Waals surface area contributed by atoms with Gasteiger partial charge in [0.25, 0.3) is 0 Å². The van der Waals surface area contributed by atoms with Gasteiger partial charge < -0.3 is 19.9 Å². The minimum atomic E-state index is -1.31. The van der Waals surface area contributed by atoms with Crippen LogP contribution in [0.5, 0.6) is 11.5 Å². The molecule has 7 heteroatoms. The highest BCUT2D eigenvalue weighted by molar-refractivity contribution is 6.33. The summed E-state index contributed by atoms with van der Waals surface area (Å²) in [6, 6.07) is 6.10. The van der Waals surface area contributed by atoms with Gasteiger partial charge in [-0.25, -0.2) is 4.79 Å². The van der Waals surface area contributed by atoms with Crippen LogP contribution in [-0.2, 0) is 7.05 Å². The van der Waals surface area contributed by atoms with Gasteiger partial charge in [-0.1, -0.05) is 24.3 Å². The molecule has 0 atom stereocenters. The molecule has 7 nitrogen and oxygen atoms in total. The van der Waals surface area contributed by atoms with Gasteiger partial charge in [-0.15, -0.1) is 0 Å². The van der Waals surface area contributed by atoms with Gasteiger partial charge in [0.2, 0.25) is 0 Å². The number of carbonyl (C=O) groups excluding carboxylic acids is 2. The van der Waals surface area contributed by atoms with E-state index in [1.165, 1.54) is 30.7 Å². The zero-order chi connectivity index (χ0) is 18.9.